The van der Waals surface area contributed by atoms with E-state index in [0.29, 0.717) is 49.0 Å². The van der Waals surface area contributed by atoms with E-state index in [1.54, 1.807) is 4.57 Å². The number of carbonyl (C=O) groups is 1. The predicted molar refractivity (Wildman–Crippen MR) is 144 cm³/mol. The van der Waals surface area contributed by atoms with Gasteiger partial charge in [-0.15, -0.1) is 6.42 Å². The highest BCUT2D eigenvalue weighted by molar-refractivity contribution is 7.89. The lowest BCUT2D eigenvalue weighted by molar-refractivity contribution is 0.0997. The van der Waals surface area contributed by atoms with Crippen LogP contribution in [0.2, 0.25) is 0 Å². The van der Waals surface area contributed by atoms with Gasteiger partial charge in [-0.25, -0.2) is 8.42 Å². The van der Waals surface area contributed by atoms with E-state index in [2.05, 4.69) is 10.9 Å². The van der Waals surface area contributed by atoms with Crippen molar-refractivity contribution in [1.82, 2.24) is 8.87 Å². The summed E-state index contributed by atoms with van der Waals surface area (Å²) in [6, 6.07) is 17.5. The lowest BCUT2D eigenvalue weighted by Gasteiger charge is -2.28. The van der Waals surface area contributed by atoms with Crippen molar-refractivity contribution in [3.05, 3.63) is 82.2 Å². The van der Waals surface area contributed by atoms with Crippen molar-refractivity contribution in [2.24, 2.45) is 4.99 Å². The molecule has 3 aromatic carbocycles. The minimum absolute atomic E-state index is 0.142. The second-order valence-electron chi connectivity index (χ2n) is 8.94. The molecule has 3 heterocycles. The standard InChI is InChI=1S/C28H23N3O5S2/c1-2-12-31-23-16-24-25(36-15-14-35-24)17-26(23)37-28(31)29-27(32)20-7-9-22(10-8-20)38(33,34)30-13-11-19-5-3-4-6-21(19)18-30/h1,3-10,16-17H,11-15,18H2. The number of thiazole rings is 1. The summed E-state index contributed by atoms with van der Waals surface area (Å²) < 4.78 is 42.0. The molecule has 1 aromatic heterocycles. The van der Waals surface area contributed by atoms with Gasteiger partial charge in [0.25, 0.3) is 5.91 Å². The fraction of sp³-hybridized carbons (Fsp3) is 0.214. The molecule has 0 atom stereocenters. The Kier molecular flexibility index (Phi) is 6.27. The van der Waals surface area contributed by atoms with Gasteiger partial charge in [-0.2, -0.15) is 9.30 Å². The lowest BCUT2D eigenvalue weighted by Crippen LogP contribution is -2.35. The Morgan fingerprint density at radius 2 is 1.74 bits per heavy atom. The summed E-state index contributed by atoms with van der Waals surface area (Å²) in [6.07, 6.45) is 6.26. The molecule has 2 aliphatic rings. The molecule has 0 saturated carbocycles. The van der Waals surface area contributed by atoms with Gasteiger partial charge in [0.15, 0.2) is 16.3 Å². The van der Waals surface area contributed by atoms with E-state index in [0.717, 1.165) is 15.8 Å². The fourth-order valence-electron chi connectivity index (χ4n) is 4.68. The molecule has 192 valence electrons. The van der Waals surface area contributed by atoms with Gasteiger partial charge < -0.3 is 14.0 Å². The first-order chi connectivity index (χ1) is 18.4. The van der Waals surface area contributed by atoms with Gasteiger partial charge in [0.2, 0.25) is 10.0 Å². The van der Waals surface area contributed by atoms with Crippen molar-refractivity contribution >= 4 is 37.5 Å². The molecule has 0 unspecified atom stereocenters. The topological polar surface area (TPSA) is 90.2 Å². The van der Waals surface area contributed by atoms with Crippen molar-refractivity contribution in [2.45, 2.75) is 24.4 Å². The van der Waals surface area contributed by atoms with E-state index in [4.69, 9.17) is 15.9 Å². The van der Waals surface area contributed by atoms with Crippen LogP contribution in [0.1, 0.15) is 21.5 Å². The van der Waals surface area contributed by atoms with E-state index in [1.165, 1.54) is 45.5 Å². The van der Waals surface area contributed by atoms with Crippen LogP contribution in [0.3, 0.4) is 0 Å². The van der Waals surface area contributed by atoms with E-state index in [1.807, 2.05) is 36.4 Å². The second kappa shape index (κ2) is 9.76. The summed E-state index contributed by atoms with van der Waals surface area (Å²) >= 11 is 1.32. The highest BCUT2D eigenvalue weighted by Gasteiger charge is 2.28. The van der Waals surface area contributed by atoms with E-state index in [-0.39, 0.29) is 17.0 Å². The molecule has 0 saturated heterocycles. The Morgan fingerprint density at radius 1 is 1.03 bits per heavy atom. The maximum absolute atomic E-state index is 13.3. The molecule has 38 heavy (non-hydrogen) atoms. The van der Waals surface area contributed by atoms with Gasteiger partial charge in [0, 0.05) is 30.8 Å². The quantitative estimate of drug-likeness (QED) is 0.366. The molecule has 0 fully saturated rings. The molecule has 0 radical (unpaired) electrons. The lowest BCUT2D eigenvalue weighted by atomic mass is 10.0. The second-order valence-corrected chi connectivity index (χ2v) is 11.9. The van der Waals surface area contributed by atoms with Gasteiger partial charge in [0.1, 0.15) is 13.2 Å². The number of nitrogens with zero attached hydrogens (tertiary/aromatic N) is 3. The Morgan fingerprint density at radius 3 is 2.47 bits per heavy atom. The third kappa shape index (κ3) is 4.39. The van der Waals surface area contributed by atoms with Crippen molar-refractivity contribution in [2.75, 3.05) is 19.8 Å². The molecule has 4 aromatic rings. The Labute approximate surface area is 223 Å². The molecular formula is C28H23N3O5S2. The number of carbonyl (C=O) groups excluding carboxylic acids is 1. The molecule has 10 heteroatoms. The molecule has 0 spiro atoms. The highest BCUT2D eigenvalue weighted by atomic mass is 32.2. The Hall–Kier alpha value is -3.91. The predicted octanol–water partition coefficient (Wildman–Crippen LogP) is 3.60. The van der Waals surface area contributed by atoms with Crippen LogP contribution in [-0.4, -0.2) is 43.0 Å². The number of hydrogen-bond acceptors (Lipinski definition) is 6. The van der Waals surface area contributed by atoms with Crippen LogP contribution in [0.25, 0.3) is 10.2 Å². The molecule has 8 nitrogen and oxygen atoms in total. The zero-order chi connectivity index (χ0) is 26.3. The number of fused-ring (bicyclic) bond motifs is 3. The maximum atomic E-state index is 13.3. The molecule has 1 amide bonds. The third-order valence-corrected chi connectivity index (χ3v) is 9.53. The molecular weight excluding hydrogens is 522 g/mol. The maximum Gasteiger partial charge on any atom is 0.279 e. The first kappa shape index (κ1) is 24.4. The number of amides is 1. The minimum atomic E-state index is -3.70. The summed E-state index contributed by atoms with van der Waals surface area (Å²) in [6.45, 7) is 1.90. The zero-order valence-electron chi connectivity index (χ0n) is 20.3. The summed E-state index contributed by atoms with van der Waals surface area (Å²) in [4.78, 5) is 18.0. The fourth-order valence-corrected chi connectivity index (χ4v) is 7.14. The summed E-state index contributed by atoms with van der Waals surface area (Å²) in [5, 5.41) is 0. The molecule has 0 aliphatic carbocycles. The SMILES string of the molecule is C#CCn1c(=NC(=O)c2ccc(S(=O)(=O)N3CCc4ccccc4C3)cc2)sc2cc3c(cc21)OCCO3. The van der Waals surface area contributed by atoms with Crippen molar-refractivity contribution in [3.63, 3.8) is 0 Å². The van der Waals surface area contributed by atoms with Crippen molar-refractivity contribution in [1.29, 1.82) is 0 Å². The Balaban J connectivity index is 1.29. The summed E-state index contributed by atoms with van der Waals surface area (Å²) in [5.41, 5.74) is 3.26. The van der Waals surface area contributed by atoms with Crippen LogP contribution in [-0.2, 0) is 29.5 Å². The van der Waals surface area contributed by atoms with Crippen LogP contribution in [0.5, 0.6) is 11.5 Å². The van der Waals surface area contributed by atoms with Gasteiger partial charge >= 0.3 is 0 Å². The van der Waals surface area contributed by atoms with Gasteiger partial charge in [0.05, 0.1) is 21.7 Å². The van der Waals surface area contributed by atoms with Crippen LogP contribution >= 0.6 is 11.3 Å². The van der Waals surface area contributed by atoms with Crippen LogP contribution in [0.4, 0.5) is 0 Å². The zero-order valence-corrected chi connectivity index (χ0v) is 21.9. The van der Waals surface area contributed by atoms with Crippen molar-refractivity contribution in [3.8, 4) is 23.8 Å². The first-order valence-electron chi connectivity index (χ1n) is 12.1. The number of ether oxygens (including phenoxy) is 2. The van der Waals surface area contributed by atoms with E-state index < -0.39 is 15.9 Å². The largest absolute Gasteiger partial charge is 0.486 e. The smallest absolute Gasteiger partial charge is 0.279 e. The number of aromatic nitrogens is 1. The number of sulfonamides is 1. The van der Waals surface area contributed by atoms with Crippen molar-refractivity contribution < 1.29 is 22.7 Å². The third-order valence-electron chi connectivity index (χ3n) is 6.63. The monoisotopic (exact) mass is 545 g/mol. The normalized spacial score (nSPS) is 15.7. The van der Waals surface area contributed by atoms with Crippen LogP contribution < -0.4 is 14.3 Å². The van der Waals surface area contributed by atoms with E-state index in [9.17, 15) is 13.2 Å². The molecule has 0 bridgehead atoms. The summed E-state index contributed by atoms with van der Waals surface area (Å²) in [7, 11) is -3.70. The molecule has 6 rings (SSSR count). The number of benzene rings is 3. The number of rotatable bonds is 4. The molecule has 0 N–H and O–H groups in total. The van der Waals surface area contributed by atoms with Gasteiger partial charge in [-0.1, -0.05) is 41.5 Å². The number of terminal acetylenes is 1. The van der Waals surface area contributed by atoms with E-state index >= 15 is 0 Å². The Bertz CT molecular complexity index is 1780. The average molecular weight is 546 g/mol. The highest BCUT2D eigenvalue weighted by Crippen LogP contribution is 2.35. The molecule has 2 aliphatic heterocycles. The van der Waals surface area contributed by atoms with Crippen LogP contribution in [0, 0.1) is 12.3 Å². The number of hydrogen-bond donors (Lipinski definition) is 0. The average Bonchev–Trinajstić information content (AvgIpc) is 3.27. The van der Waals surface area contributed by atoms with Gasteiger partial charge in [-0.05, 0) is 41.8 Å². The first-order valence-corrected chi connectivity index (χ1v) is 14.3. The summed E-state index contributed by atoms with van der Waals surface area (Å²) in [5.74, 6) is 3.39. The minimum Gasteiger partial charge on any atom is -0.486 e. The van der Waals surface area contributed by atoms with Crippen LogP contribution in [0.15, 0.2) is 70.6 Å². The van der Waals surface area contributed by atoms with Gasteiger partial charge in [-0.3, -0.25) is 4.79 Å².